The Morgan fingerprint density at radius 1 is 1.32 bits per heavy atom. The van der Waals surface area contributed by atoms with Crippen LogP contribution in [0.25, 0.3) is 11.0 Å². The highest BCUT2D eigenvalue weighted by Gasteiger charge is 2.08. The topological polar surface area (TPSA) is 38.5 Å². The largest absolute Gasteiger partial charge is 0.331 e. The lowest BCUT2D eigenvalue weighted by atomic mass is 10.2. The third-order valence-corrected chi connectivity index (χ3v) is 3.70. The molecule has 0 atom stereocenters. The molecule has 0 aliphatic carbocycles. The van der Waals surface area contributed by atoms with Crippen LogP contribution in [0.5, 0.6) is 0 Å². The van der Waals surface area contributed by atoms with Gasteiger partial charge in [-0.25, -0.2) is 0 Å². The van der Waals surface area contributed by atoms with Crippen LogP contribution in [0.2, 0.25) is 0 Å². The minimum absolute atomic E-state index is 0.752. The minimum atomic E-state index is 0.752. The summed E-state index contributed by atoms with van der Waals surface area (Å²) in [6.07, 6.45) is 2.05. The van der Waals surface area contributed by atoms with Crippen molar-refractivity contribution in [2.45, 2.75) is 20.4 Å². The maximum absolute atomic E-state index is 5.43. The zero-order chi connectivity index (χ0) is 13.6. The summed E-state index contributed by atoms with van der Waals surface area (Å²) in [5.41, 5.74) is 5.70. The Morgan fingerprint density at radius 3 is 2.79 bits per heavy atom. The van der Waals surface area contributed by atoms with Crippen LogP contribution >= 0.6 is 12.2 Å². The first-order valence-electron chi connectivity index (χ1n) is 6.23. The smallest absolute Gasteiger partial charge is 0.178 e. The van der Waals surface area contributed by atoms with E-state index < -0.39 is 0 Å². The van der Waals surface area contributed by atoms with Crippen LogP contribution < -0.4 is 0 Å². The summed E-state index contributed by atoms with van der Waals surface area (Å²) < 4.78 is 4.71. The number of aryl methyl sites for hydroxylation is 3. The van der Waals surface area contributed by atoms with Crippen molar-refractivity contribution in [3.05, 3.63) is 46.0 Å². The molecule has 0 saturated carbocycles. The standard InChI is InChI=1S/C14H16N4S/c1-9-4-5-13-12(6-9)15-14(19)18(13)8-11-7-17(3)16-10(11)2/h4-7H,8H2,1-3H3,(H,15,19). The van der Waals surface area contributed by atoms with Crippen LogP contribution in [0.4, 0.5) is 0 Å². The molecular weight excluding hydrogens is 256 g/mol. The maximum Gasteiger partial charge on any atom is 0.178 e. The zero-order valence-electron chi connectivity index (χ0n) is 11.3. The lowest BCUT2D eigenvalue weighted by Gasteiger charge is -2.03. The predicted octanol–water partition coefficient (Wildman–Crippen LogP) is 3.10. The Morgan fingerprint density at radius 2 is 2.11 bits per heavy atom. The summed E-state index contributed by atoms with van der Waals surface area (Å²) in [6.45, 7) is 4.86. The summed E-state index contributed by atoms with van der Waals surface area (Å²) in [7, 11) is 1.94. The van der Waals surface area contributed by atoms with Gasteiger partial charge in [0, 0.05) is 18.8 Å². The van der Waals surface area contributed by atoms with E-state index in [-0.39, 0.29) is 0 Å². The molecule has 2 heterocycles. The molecule has 4 nitrogen and oxygen atoms in total. The van der Waals surface area contributed by atoms with E-state index in [9.17, 15) is 0 Å². The average Bonchev–Trinajstić information content (AvgIpc) is 2.80. The van der Waals surface area contributed by atoms with Gasteiger partial charge in [0.05, 0.1) is 23.3 Å². The van der Waals surface area contributed by atoms with E-state index in [1.165, 1.54) is 11.1 Å². The van der Waals surface area contributed by atoms with E-state index in [2.05, 4.69) is 39.8 Å². The number of hydrogen-bond donors (Lipinski definition) is 1. The third kappa shape index (κ3) is 2.10. The van der Waals surface area contributed by atoms with Crippen molar-refractivity contribution in [1.29, 1.82) is 0 Å². The molecule has 0 unspecified atom stereocenters. The van der Waals surface area contributed by atoms with Crippen LogP contribution in [-0.4, -0.2) is 19.3 Å². The van der Waals surface area contributed by atoms with Gasteiger partial charge in [-0.3, -0.25) is 4.68 Å². The SMILES string of the molecule is Cc1ccc2c(c1)[nH]c(=S)n2Cc1cn(C)nc1C. The normalized spacial score (nSPS) is 11.3. The van der Waals surface area contributed by atoms with E-state index in [0.717, 1.165) is 28.0 Å². The molecule has 0 aliphatic rings. The molecule has 0 radical (unpaired) electrons. The van der Waals surface area contributed by atoms with Crippen molar-refractivity contribution < 1.29 is 0 Å². The van der Waals surface area contributed by atoms with Crippen molar-refractivity contribution >= 4 is 23.3 Å². The molecule has 0 aliphatic heterocycles. The molecule has 0 bridgehead atoms. The lowest BCUT2D eigenvalue weighted by molar-refractivity contribution is 0.755. The minimum Gasteiger partial charge on any atom is -0.331 e. The lowest BCUT2D eigenvalue weighted by Crippen LogP contribution is -2.00. The van der Waals surface area contributed by atoms with E-state index in [1.54, 1.807) is 0 Å². The number of aromatic nitrogens is 4. The van der Waals surface area contributed by atoms with Crippen LogP contribution in [0, 0.1) is 18.6 Å². The zero-order valence-corrected chi connectivity index (χ0v) is 12.1. The van der Waals surface area contributed by atoms with Gasteiger partial charge in [-0.1, -0.05) is 6.07 Å². The van der Waals surface area contributed by atoms with Gasteiger partial charge in [-0.2, -0.15) is 5.10 Å². The highest BCUT2D eigenvalue weighted by Crippen LogP contribution is 2.18. The molecular formula is C14H16N4S. The number of H-pyrrole nitrogens is 1. The monoisotopic (exact) mass is 272 g/mol. The Kier molecular flexibility index (Phi) is 2.78. The van der Waals surface area contributed by atoms with Crippen molar-refractivity contribution in [2.75, 3.05) is 0 Å². The molecule has 1 aromatic carbocycles. The number of nitrogens with one attached hydrogen (secondary N) is 1. The number of imidazole rings is 1. The molecule has 2 aromatic heterocycles. The molecule has 0 saturated heterocycles. The highest BCUT2D eigenvalue weighted by molar-refractivity contribution is 7.71. The third-order valence-electron chi connectivity index (χ3n) is 3.37. The molecule has 1 N–H and O–H groups in total. The van der Waals surface area contributed by atoms with E-state index in [1.807, 2.05) is 24.9 Å². The Hall–Kier alpha value is -1.88. The van der Waals surface area contributed by atoms with Crippen molar-refractivity contribution in [3.63, 3.8) is 0 Å². The highest BCUT2D eigenvalue weighted by atomic mass is 32.1. The van der Waals surface area contributed by atoms with Gasteiger partial charge in [0.1, 0.15) is 0 Å². The fraction of sp³-hybridized carbons (Fsp3) is 0.286. The van der Waals surface area contributed by atoms with Gasteiger partial charge in [-0.15, -0.1) is 0 Å². The number of rotatable bonds is 2. The summed E-state index contributed by atoms with van der Waals surface area (Å²) in [6, 6.07) is 6.35. The summed E-state index contributed by atoms with van der Waals surface area (Å²) >= 11 is 5.43. The van der Waals surface area contributed by atoms with Gasteiger partial charge >= 0.3 is 0 Å². The number of hydrogen-bond acceptors (Lipinski definition) is 2. The molecule has 0 amide bonds. The quantitative estimate of drug-likeness (QED) is 0.728. The molecule has 3 aromatic rings. The second-order valence-corrected chi connectivity index (χ2v) is 5.34. The van der Waals surface area contributed by atoms with Gasteiger partial charge in [0.15, 0.2) is 4.77 Å². The van der Waals surface area contributed by atoms with Gasteiger partial charge in [0.25, 0.3) is 0 Å². The van der Waals surface area contributed by atoms with Crippen LogP contribution in [0.3, 0.4) is 0 Å². The van der Waals surface area contributed by atoms with E-state index >= 15 is 0 Å². The summed E-state index contributed by atoms with van der Waals surface area (Å²) in [5.74, 6) is 0. The Balaban J connectivity index is 2.13. The molecule has 19 heavy (non-hydrogen) atoms. The molecule has 0 spiro atoms. The van der Waals surface area contributed by atoms with Crippen LogP contribution in [-0.2, 0) is 13.6 Å². The van der Waals surface area contributed by atoms with Gasteiger partial charge < -0.3 is 9.55 Å². The molecule has 3 rings (SSSR count). The number of benzene rings is 1. The number of nitrogens with zero attached hydrogens (tertiary/aromatic N) is 3. The number of fused-ring (bicyclic) bond motifs is 1. The van der Waals surface area contributed by atoms with Crippen LogP contribution in [0.15, 0.2) is 24.4 Å². The van der Waals surface area contributed by atoms with E-state index in [4.69, 9.17) is 12.2 Å². The Labute approximate surface area is 116 Å². The number of aromatic amines is 1. The first-order valence-corrected chi connectivity index (χ1v) is 6.64. The molecule has 0 fully saturated rings. The Bertz CT molecular complexity index is 807. The molecule has 98 valence electrons. The summed E-state index contributed by atoms with van der Waals surface area (Å²) in [5, 5.41) is 4.37. The fourth-order valence-corrected chi connectivity index (χ4v) is 2.68. The maximum atomic E-state index is 5.43. The first-order chi connectivity index (χ1) is 9.04. The van der Waals surface area contributed by atoms with Crippen molar-refractivity contribution in [2.24, 2.45) is 7.05 Å². The van der Waals surface area contributed by atoms with E-state index in [0.29, 0.717) is 0 Å². The summed E-state index contributed by atoms with van der Waals surface area (Å²) in [4.78, 5) is 3.26. The molecule has 5 heteroatoms. The first kappa shape index (κ1) is 12.2. The second-order valence-electron chi connectivity index (χ2n) is 4.95. The van der Waals surface area contributed by atoms with Crippen LogP contribution in [0.1, 0.15) is 16.8 Å². The average molecular weight is 272 g/mol. The van der Waals surface area contributed by atoms with Crippen molar-refractivity contribution in [3.8, 4) is 0 Å². The van der Waals surface area contributed by atoms with Gasteiger partial charge in [0.2, 0.25) is 0 Å². The second kappa shape index (κ2) is 4.35. The van der Waals surface area contributed by atoms with Gasteiger partial charge in [-0.05, 0) is 43.8 Å². The fourth-order valence-electron chi connectivity index (χ4n) is 2.41. The predicted molar refractivity (Wildman–Crippen MR) is 78.9 cm³/mol. The van der Waals surface area contributed by atoms with Crippen molar-refractivity contribution in [1.82, 2.24) is 19.3 Å².